The van der Waals surface area contributed by atoms with Crippen molar-refractivity contribution in [2.75, 3.05) is 12.4 Å². The third-order valence-corrected chi connectivity index (χ3v) is 3.48. The Balaban J connectivity index is 1.81. The first-order valence-corrected chi connectivity index (χ1v) is 8.51. The van der Waals surface area contributed by atoms with Crippen LogP contribution in [0.4, 0.5) is 5.69 Å². The summed E-state index contributed by atoms with van der Waals surface area (Å²) in [7, 11) is 1.45. The normalized spacial score (nSPS) is 10.4. The van der Waals surface area contributed by atoms with Crippen molar-refractivity contribution in [2.45, 2.75) is 19.8 Å². The van der Waals surface area contributed by atoms with Gasteiger partial charge in [0.05, 0.1) is 13.3 Å². The molecule has 2 aromatic rings. The van der Waals surface area contributed by atoms with Gasteiger partial charge in [0, 0.05) is 25.5 Å². The van der Waals surface area contributed by atoms with E-state index in [1.165, 1.54) is 20.2 Å². The number of rotatable bonds is 8. The van der Waals surface area contributed by atoms with Gasteiger partial charge in [0.25, 0.3) is 0 Å². The molecule has 0 aliphatic rings. The van der Waals surface area contributed by atoms with E-state index in [0.717, 1.165) is 0 Å². The van der Waals surface area contributed by atoms with Crippen LogP contribution in [0.15, 0.2) is 53.6 Å². The predicted molar refractivity (Wildman–Crippen MR) is 104 cm³/mol. The molecule has 0 saturated carbocycles. The average molecular weight is 383 g/mol. The van der Waals surface area contributed by atoms with Crippen LogP contribution in [0.2, 0.25) is 0 Å². The third-order valence-electron chi connectivity index (χ3n) is 3.48. The van der Waals surface area contributed by atoms with Crippen LogP contribution < -0.4 is 20.2 Å². The van der Waals surface area contributed by atoms with E-state index in [1.54, 1.807) is 30.3 Å². The molecular weight excluding hydrogens is 362 g/mol. The van der Waals surface area contributed by atoms with E-state index in [2.05, 4.69) is 15.8 Å². The smallest absolute Gasteiger partial charge is 0.308 e. The van der Waals surface area contributed by atoms with Gasteiger partial charge in [-0.15, -0.1) is 0 Å². The summed E-state index contributed by atoms with van der Waals surface area (Å²) in [5, 5.41) is 6.55. The van der Waals surface area contributed by atoms with Crippen molar-refractivity contribution in [3.8, 4) is 11.5 Å². The van der Waals surface area contributed by atoms with Crippen molar-refractivity contribution < 1.29 is 23.9 Å². The van der Waals surface area contributed by atoms with Crippen LogP contribution in [0.3, 0.4) is 0 Å². The van der Waals surface area contributed by atoms with Crippen molar-refractivity contribution in [1.29, 1.82) is 0 Å². The molecule has 8 heteroatoms. The first-order chi connectivity index (χ1) is 13.5. The lowest BCUT2D eigenvalue weighted by molar-refractivity contribution is -0.132. The second-order valence-electron chi connectivity index (χ2n) is 5.71. The molecule has 0 spiro atoms. The number of anilines is 1. The van der Waals surface area contributed by atoms with Crippen LogP contribution in [0.25, 0.3) is 0 Å². The summed E-state index contributed by atoms with van der Waals surface area (Å²) in [5.41, 5.74) is 3.67. The summed E-state index contributed by atoms with van der Waals surface area (Å²) in [6.45, 7) is 1.30. The van der Waals surface area contributed by atoms with Gasteiger partial charge >= 0.3 is 5.97 Å². The van der Waals surface area contributed by atoms with E-state index >= 15 is 0 Å². The van der Waals surface area contributed by atoms with E-state index in [9.17, 15) is 14.4 Å². The number of carbonyl (C=O) groups excluding carboxylic acids is 3. The molecule has 0 heterocycles. The SMILES string of the molecule is COc1cc(/C=N/NC(=O)CCC(=O)Nc2ccccc2)ccc1OC(C)=O. The standard InChI is InChI=1S/C20H21N3O5/c1-14(24)28-17-9-8-15(12-18(17)27-2)13-21-23-20(26)11-10-19(25)22-16-6-4-3-5-7-16/h3-9,12-13H,10-11H2,1-2H3,(H,22,25)(H,23,26)/b21-13+. The van der Waals surface area contributed by atoms with E-state index in [-0.39, 0.29) is 24.7 Å². The molecule has 146 valence electrons. The van der Waals surface area contributed by atoms with Gasteiger partial charge in [-0.3, -0.25) is 14.4 Å². The molecule has 0 fully saturated rings. The number of methoxy groups -OCH3 is 1. The van der Waals surface area contributed by atoms with Crippen molar-refractivity contribution >= 4 is 29.7 Å². The molecule has 0 aromatic heterocycles. The Morgan fingerprint density at radius 2 is 1.71 bits per heavy atom. The predicted octanol–water partition coefficient (Wildman–Crippen LogP) is 2.49. The van der Waals surface area contributed by atoms with Gasteiger partial charge in [0.15, 0.2) is 11.5 Å². The average Bonchev–Trinajstić information content (AvgIpc) is 2.68. The quantitative estimate of drug-likeness (QED) is 0.315. The summed E-state index contributed by atoms with van der Waals surface area (Å²) >= 11 is 0. The summed E-state index contributed by atoms with van der Waals surface area (Å²) < 4.78 is 10.2. The fraction of sp³-hybridized carbons (Fsp3) is 0.200. The summed E-state index contributed by atoms with van der Waals surface area (Å²) in [6, 6.07) is 13.8. The zero-order valence-electron chi connectivity index (χ0n) is 15.6. The second kappa shape index (κ2) is 10.5. The number of hydrazone groups is 1. The Bertz CT molecular complexity index is 865. The molecule has 0 radical (unpaired) electrons. The molecule has 0 saturated heterocycles. The number of benzene rings is 2. The van der Waals surface area contributed by atoms with E-state index < -0.39 is 5.97 Å². The molecule has 2 N–H and O–H groups in total. The first-order valence-electron chi connectivity index (χ1n) is 8.51. The van der Waals surface area contributed by atoms with Crippen LogP contribution >= 0.6 is 0 Å². The molecular formula is C20H21N3O5. The Morgan fingerprint density at radius 1 is 1.00 bits per heavy atom. The van der Waals surface area contributed by atoms with Gasteiger partial charge in [-0.05, 0) is 35.9 Å². The zero-order valence-corrected chi connectivity index (χ0v) is 15.6. The van der Waals surface area contributed by atoms with Crippen molar-refractivity contribution in [1.82, 2.24) is 5.43 Å². The number of nitrogens with one attached hydrogen (secondary N) is 2. The van der Waals surface area contributed by atoms with Crippen molar-refractivity contribution in [3.05, 3.63) is 54.1 Å². The highest BCUT2D eigenvalue weighted by molar-refractivity contribution is 5.93. The van der Waals surface area contributed by atoms with Crippen molar-refractivity contribution in [2.24, 2.45) is 5.10 Å². The molecule has 0 atom stereocenters. The highest BCUT2D eigenvalue weighted by atomic mass is 16.6. The summed E-state index contributed by atoms with van der Waals surface area (Å²) in [6.07, 6.45) is 1.47. The van der Waals surface area contributed by atoms with Gasteiger partial charge in [-0.1, -0.05) is 18.2 Å². The van der Waals surface area contributed by atoms with Crippen LogP contribution in [0.5, 0.6) is 11.5 Å². The Hall–Kier alpha value is -3.68. The summed E-state index contributed by atoms with van der Waals surface area (Å²) in [4.78, 5) is 34.7. The van der Waals surface area contributed by atoms with E-state index in [4.69, 9.17) is 9.47 Å². The molecule has 0 aliphatic heterocycles. The number of carbonyl (C=O) groups is 3. The second-order valence-corrected chi connectivity index (χ2v) is 5.71. The maximum atomic E-state index is 11.8. The Kier molecular flexibility index (Phi) is 7.71. The molecule has 2 rings (SSSR count). The molecule has 2 aromatic carbocycles. The minimum absolute atomic E-state index is 0.00468. The number of esters is 1. The number of hydrogen-bond acceptors (Lipinski definition) is 6. The monoisotopic (exact) mass is 383 g/mol. The number of nitrogens with zero attached hydrogens (tertiary/aromatic N) is 1. The fourth-order valence-corrected chi connectivity index (χ4v) is 2.21. The highest BCUT2D eigenvalue weighted by Crippen LogP contribution is 2.27. The molecule has 0 unspecified atom stereocenters. The van der Waals surface area contributed by atoms with Gasteiger partial charge in [0.1, 0.15) is 0 Å². The van der Waals surface area contributed by atoms with E-state index in [0.29, 0.717) is 22.7 Å². The zero-order chi connectivity index (χ0) is 20.4. The lowest BCUT2D eigenvalue weighted by atomic mass is 10.2. The highest BCUT2D eigenvalue weighted by Gasteiger charge is 2.08. The number of para-hydroxylation sites is 1. The van der Waals surface area contributed by atoms with Gasteiger partial charge in [-0.2, -0.15) is 5.10 Å². The van der Waals surface area contributed by atoms with E-state index in [1.807, 2.05) is 18.2 Å². The topological polar surface area (TPSA) is 106 Å². The third kappa shape index (κ3) is 6.91. The maximum Gasteiger partial charge on any atom is 0.308 e. The number of amides is 2. The van der Waals surface area contributed by atoms with Crippen molar-refractivity contribution in [3.63, 3.8) is 0 Å². The fourth-order valence-electron chi connectivity index (χ4n) is 2.21. The van der Waals surface area contributed by atoms with Crippen LogP contribution in [-0.4, -0.2) is 31.1 Å². The van der Waals surface area contributed by atoms with Gasteiger partial charge in [-0.25, -0.2) is 5.43 Å². The lowest BCUT2D eigenvalue weighted by Gasteiger charge is -2.08. The number of hydrogen-bond donors (Lipinski definition) is 2. The largest absolute Gasteiger partial charge is 0.493 e. The first kappa shape index (κ1) is 20.6. The lowest BCUT2D eigenvalue weighted by Crippen LogP contribution is -2.20. The van der Waals surface area contributed by atoms with Crippen LogP contribution in [0.1, 0.15) is 25.3 Å². The van der Waals surface area contributed by atoms with Crippen LogP contribution in [-0.2, 0) is 14.4 Å². The molecule has 0 bridgehead atoms. The molecule has 28 heavy (non-hydrogen) atoms. The molecule has 8 nitrogen and oxygen atoms in total. The maximum absolute atomic E-state index is 11.8. The Labute approximate surface area is 162 Å². The molecule has 0 aliphatic carbocycles. The minimum atomic E-state index is -0.455. The Morgan fingerprint density at radius 3 is 2.39 bits per heavy atom. The molecule has 2 amide bonds. The summed E-state index contributed by atoms with van der Waals surface area (Å²) in [5.74, 6) is -0.439. The van der Waals surface area contributed by atoms with Gasteiger partial charge in [0.2, 0.25) is 11.8 Å². The van der Waals surface area contributed by atoms with Gasteiger partial charge < -0.3 is 14.8 Å². The number of ether oxygens (including phenoxy) is 2. The van der Waals surface area contributed by atoms with Crippen LogP contribution in [0, 0.1) is 0 Å². The minimum Gasteiger partial charge on any atom is -0.493 e.